The maximum Gasteiger partial charge on any atom is 0.414 e. The van der Waals surface area contributed by atoms with Gasteiger partial charge in [-0.2, -0.15) is 13.2 Å². The van der Waals surface area contributed by atoms with E-state index in [0.717, 1.165) is 24.0 Å². The summed E-state index contributed by atoms with van der Waals surface area (Å²) in [7, 11) is 0. The minimum atomic E-state index is -4.45. The molecule has 19 heavy (non-hydrogen) atoms. The average molecular weight is 273 g/mol. The van der Waals surface area contributed by atoms with Gasteiger partial charge in [-0.25, -0.2) is 5.48 Å². The SMILES string of the molecule is O=C(NOCC(F)(F)F)C1CCCc2ccccc21. The summed E-state index contributed by atoms with van der Waals surface area (Å²) in [4.78, 5) is 16.0. The molecule has 1 atom stereocenters. The summed E-state index contributed by atoms with van der Waals surface area (Å²) in [5.41, 5.74) is 3.84. The summed E-state index contributed by atoms with van der Waals surface area (Å²) >= 11 is 0. The lowest BCUT2D eigenvalue weighted by Crippen LogP contribution is -2.34. The van der Waals surface area contributed by atoms with Crippen LogP contribution in [0.15, 0.2) is 24.3 Å². The quantitative estimate of drug-likeness (QED) is 0.860. The van der Waals surface area contributed by atoms with Gasteiger partial charge in [0.15, 0.2) is 6.61 Å². The zero-order chi connectivity index (χ0) is 13.9. The number of hydroxylamine groups is 1. The van der Waals surface area contributed by atoms with E-state index >= 15 is 0 Å². The van der Waals surface area contributed by atoms with E-state index < -0.39 is 24.6 Å². The lowest BCUT2D eigenvalue weighted by atomic mass is 9.82. The molecule has 0 heterocycles. The van der Waals surface area contributed by atoms with Crippen molar-refractivity contribution in [3.63, 3.8) is 0 Å². The summed E-state index contributed by atoms with van der Waals surface area (Å²) in [6, 6.07) is 7.48. The molecule has 3 nitrogen and oxygen atoms in total. The molecule has 0 saturated carbocycles. The van der Waals surface area contributed by atoms with Crippen molar-refractivity contribution in [2.45, 2.75) is 31.4 Å². The van der Waals surface area contributed by atoms with Crippen molar-refractivity contribution >= 4 is 5.91 Å². The zero-order valence-corrected chi connectivity index (χ0v) is 10.2. The molecule has 0 aliphatic heterocycles. The fraction of sp³-hybridized carbons (Fsp3) is 0.462. The molecule has 0 fully saturated rings. The number of carbonyl (C=O) groups is 1. The second-order valence-corrected chi connectivity index (χ2v) is 4.51. The lowest BCUT2D eigenvalue weighted by Gasteiger charge is -2.24. The third-order valence-corrected chi connectivity index (χ3v) is 3.09. The number of alkyl halides is 3. The number of nitrogens with one attached hydrogen (secondary N) is 1. The molecule has 0 aromatic heterocycles. The number of benzene rings is 1. The number of amides is 1. The van der Waals surface area contributed by atoms with Gasteiger partial charge in [-0.3, -0.25) is 9.63 Å². The van der Waals surface area contributed by atoms with Crippen molar-refractivity contribution in [1.29, 1.82) is 0 Å². The van der Waals surface area contributed by atoms with Gasteiger partial charge in [0.2, 0.25) is 0 Å². The third-order valence-electron chi connectivity index (χ3n) is 3.09. The monoisotopic (exact) mass is 273 g/mol. The van der Waals surface area contributed by atoms with E-state index in [9.17, 15) is 18.0 Å². The Labute approximate surface area is 108 Å². The first-order chi connectivity index (χ1) is 8.97. The Balaban J connectivity index is 1.97. The maximum absolute atomic E-state index is 11.9. The molecule has 1 aromatic carbocycles. The van der Waals surface area contributed by atoms with E-state index in [2.05, 4.69) is 4.84 Å². The predicted octanol–water partition coefficient (Wildman–Crippen LogP) is 2.72. The highest BCUT2D eigenvalue weighted by atomic mass is 19.4. The molecule has 0 radical (unpaired) electrons. The first-order valence-electron chi connectivity index (χ1n) is 6.03. The Morgan fingerprint density at radius 3 is 2.84 bits per heavy atom. The Morgan fingerprint density at radius 2 is 2.11 bits per heavy atom. The number of carbonyl (C=O) groups excluding carboxylic acids is 1. The summed E-state index contributed by atoms with van der Waals surface area (Å²) in [6.45, 7) is -1.48. The van der Waals surface area contributed by atoms with Gasteiger partial charge in [0.05, 0.1) is 5.92 Å². The van der Waals surface area contributed by atoms with Gasteiger partial charge < -0.3 is 0 Å². The molecule has 1 N–H and O–H groups in total. The lowest BCUT2D eigenvalue weighted by molar-refractivity contribution is -0.192. The van der Waals surface area contributed by atoms with Crippen LogP contribution >= 0.6 is 0 Å². The highest BCUT2D eigenvalue weighted by molar-refractivity contribution is 5.83. The van der Waals surface area contributed by atoms with Crippen LogP contribution in [-0.2, 0) is 16.1 Å². The molecular weight excluding hydrogens is 259 g/mol. The summed E-state index contributed by atoms with van der Waals surface area (Å²) < 4.78 is 35.7. The first-order valence-corrected chi connectivity index (χ1v) is 6.03. The fourth-order valence-electron chi connectivity index (χ4n) is 2.29. The number of halogens is 3. The van der Waals surface area contributed by atoms with E-state index in [4.69, 9.17) is 0 Å². The van der Waals surface area contributed by atoms with Crippen LogP contribution in [-0.4, -0.2) is 18.7 Å². The van der Waals surface area contributed by atoms with E-state index in [1.807, 2.05) is 29.7 Å². The summed E-state index contributed by atoms with van der Waals surface area (Å²) in [6.07, 6.45) is -2.09. The Bertz CT molecular complexity index is 459. The molecule has 2 rings (SSSR count). The van der Waals surface area contributed by atoms with Crippen LogP contribution in [0.5, 0.6) is 0 Å². The fourth-order valence-corrected chi connectivity index (χ4v) is 2.29. The van der Waals surface area contributed by atoms with Gasteiger partial charge in [0.1, 0.15) is 0 Å². The van der Waals surface area contributed by atoms with Crippen LogP contribution in [0.1, 0.15) is 29.9 Å². The zero-order valence-electron chi connectivity index (χ0n) is 10.2. The number of hydrogen-bond acceptors (Lipinski definition) is 2. The van der Waals surface area contributed by atoms with Gasteiger partial charge in [0.25, 0.3) is 5.91 Å². The van der Waals surface area contributed by atoms with Crippen LogP contribution in [0.25, 0.3) is 0 Å². The van der Waals surface area contributed by atoms with Crippen molar-refractivity contribution in [3.05, 3.63) is 35.4 Å². The Hall–Kier alpha value is -1.56. The van der Waals surface area contributed by atoms with Crippen molar-refractivity contribution < 1.29 is 22.8 Å². The van der Waals surface area contributed by atoms with Crippen LogP contribution in [0.4, 0.5) is 13.2 Å². The topological polar surface area (TPSA) is 38.3 Å². The van der Waals surface area contributed by atoms with Crippen molar-refractivity contribution in [2.75, 3.05) is 6.61 Å². The first kappa shape index (κ1) is 13.9. The van der Waals surface area contributed by atoms with Crippen LogP contribution < -0.4 is 5.48 Å². The molecule has 1 aliphatic carbocycles. The van der Waals surface area contributed by atoms with Crippen LogP contribution in [0, 0.1) is 0 Å². The molecule has 1 aromatic rings. The van der Waals surface area contributed by atoms with Gasteiger partial charge in [-0.05, 0) is 30.4 Å². The number of rotatable bonds is 3. The second kappa shape index (κ2) is 5.61. The average Bonchev–Trinajstić information content (AvgIpc) is 2.36. The number of aryl methyl sites for hydroxylation is 1. The standard InChI is InChI=1S/C13H14F3NO2/c14-13(15,16)8-19-17-12(18)11-7-3-5-9-4-1-2-6-10(9)11/h1-2,4,6,11H,3,5,7-8H2,(H,17,18). The third kappa shape index (κ3) is 3.70. The minimum absolute atomic E-state index is 0.432. The second-order valence-electron chi connectivity index (χ2n) is 4.51. The molecule has 1 aliphatic rings. The smallest absolute Gasteiger partial charge is 0.272 e. The van der Waals surface area contributed by atoms with E-state index in [-0.39, 0.29) is 0 Å². The van der Waals surface area contributed by atoms with Crippen molar-refractivity contribution in [2.24, 2.45) is 0 Å². The maximum atomic E-state index is 11.9. The van der Waals surface area contributed by atoms with E-state index in [1.165, 1.54) is 0 Å². The Kier molecular flexibility index (Phi) is 4.09. The molecule has 1 amide bonds. The summed E-state index contributed by atoms with van der Waals surface area (Å²) in [5, 5.41) is 0. The normalized spacial score (nSPS) is 18.8. The van der Waals surface area contributed by atoms with Crippen molar-refractivity contribution in [3.8, 4) is 0 Å². The van der Waals surface area contributed by atoms with E-state index in [1.54, 1.807) is 0 Å². The van der Waals surface area contributed by atoms with Gasteiger partial charge in [0, 0.05) is 0 Å². The van der Waals surface area contributed by atoms with Gasteiger partial charge in [-0.1, -0.05) is 24.3 Å². The molecule has 6 heteroatoms. The van der Waals surface area contributed by atoms with Crippen molar-refractivity contribution in [1.82, 2.24) is 5.48 Å². The predicted molar refractivity (Wildman–Crippen MR) is 62.3 cm³/mol. The largest absolute Gasteiger partial charge is 0.414 e. The minimum Gasteiger partial charge on any atom is -0.272 e. The summed E-state index contributed by atoms with van der Waals surface area (Å²) in [5.74, 6) is -0.949. The highest BCUT2D eigenvalue weighted by Gasteiger charge is 2.30. The number of hydrogen-bond donors (Lipinski definition) is 1. The Morgan fingerprint density at radius 1 is 1.37 bits per heavy atom. The van der Waals surface area contributed by atoms with Gasteiger partial charge in [-0.15, -0.1) is 0 Å². The molecule has 0 bridgehead atoms. The van der Waals surface area contributed by atoms with Crippen LogP contribution in [0.3, 0.4) is 0 Å². The molecule has 0 saturated heterocycles. The molecular formula is C13H14F3NO2. The van der Waals surface area contributed by atoms with Crippen LogP contribution in [0.2, 0.25) is 0 Å². The molecule has 0 spiro atoms. The highest BCUT2D eigenvalue weighted by Crippen LogP contribution is 2.31. The molecule has 1 unspecified atom stereocenters. The van der Waals surface area contributed by atoms with Gasteiger partial charge >= 0.3 is 6.18 Å². The number of fused-ring (bicyclic) bond motifs is 1. The van der Waals surface area contributed by atoms with E-state index in [0.29, 0.717) is 6.42 Å². The molecule has 104 valence electrons.